The fraction of sp³-hybridized carbons (Fsp3) is 0.350. The molecule has 0 radical (unpaired) electrons. The van der Waals surface area contributed by atoms with Crippen LogP contribution in [0.2, 0.25) is 0 Å². The van der Waals surface area contributed by atoms with E-state index in [1.807, 2.05) is 30.1 Å². The Balaban J connectivity index is 2.36. The van der Waals surface area contributed by atoms with Crippen molar-refractivity contribution in [3.8, 4) is 0 Å². The largest absolute Gasteiger partial charge is 0.311 e. The predicted octanol–water partition coefficient (Wildman–Crippen LogP) is 4.69. The van der Waals surface area contributed by atoms with Gasteiger partial charge in [0, 0.05) is 18.5 Å². The van der Waals surface area contributed by atoms with Crippen LogP contribution in [0.4, 0.5) is 5.69 Å². The van der Waals surface area contributed by atoms with Gasteiger partial charge in [-0.1, -0.05) is 49.7 Å². The number of anilines is 1. The van der Waals surface area contributed by atoms with Crippen LogP contribution in [-0.2, 0) is 6.42 Å². The molecule has 1 aliphatic rings. The molecule has 22 heavy (non-hydrogen) atoms. The Kier molecular flexibility index (Phi) is 3.78. The summed E-state index contributed by atoms with van der Waals surface area (Å²) in [5.74, 6) is 0.386. The average molecular weight is 293 g/mol. The Morgan fingerprint density at radius 3 is 2.50 bits per heavy atom. The van der Waals surface area contributed by atoms with E-state index in [9.17, 15) is 4.79 Å². The van der Waals surface area contributed by atoms with Gasteiger partial charge in [-0.15, -0.1) is 0 Å². The second-order valence-corrected chi connectivity index (χ2v) is 6.13. The first-order valence-corrected chi connectivity index (χ1v) is 8.08. The molecular formula is C20H23NO. The van der Waals surface area contributed by atoms with Gasteiger partial charge in [-0.3, -0.25) is 4.79 Å². The Morgan fingerprint density at radius 2 is 1.82 bits per heavy atom. The fourth-order valence-electron chi connectivity index (χ4n) is 3.71. The molecule has 0 saturated heterocycles. The number of benzene rings is 2. The highest BCUT2D eigenvalue weighted by molar-refractivity contribution is 6.09. The molecule has 1 atom stereocenters. The first kappa shape index (κ1) is 14.8. The van der Waals surface area contributed by atoms with Crippen molar-refractivity contribution in [2.75, 3.05) is 11.9 Å². The third-order valence-electron chi connectivity index (χ3n) is 4.73. The minimum atomic E-state index is 0.103. The maximum absolute atomic E-state index is 12.9. The molecule has 0 spiro atoms. The molecule has 0 fully saturated rings. The standard InChI is InChI=1S/C20H23NO/c1-5-14-11-13(3)12-18-15(6-2)16-9-7-8-10-17(16)20(22)21(4)19(14)18/h7-12,15H,5-6H2,1-4H3. The maximum Gasteiger partial charge on any atom is 0.258 e. The van der Waals surface area contributed by atoms with Crippen molar-refractivity contribution in [3.63, 3.8) is 0 Å². The molecule has 1 unspecified atom stereocenters. The van der Waals surface area contributed by atoms with Crippen LogP contribution in [0.15, 0.2) is 36.4 Å². The molecule has 2 aromatic rings. The highest BCUT2D eigenvalue weighted by Crippen LogP contribution is 2.42. The van der Waals surface area contributed by atoms with Gasteiger partial charge in [0.15, 0.2) is 0 Å². The summed E-state index contributed by atoms with van der Waals surface area (Å²) >= 11 is 0. The molecule has 1 heterocycles. The molecule has 2 heteroatoms. The van der Waals surface area contributed by atoms with E-state index in [1.54, 1.807) is 0 Å². The van der Waals surface area contributed by atoms with Gasteiger partial charge < -0.3 is 4.90 Å². The summed E-state index contributed by atoms with van der Waals surface area (Å²) < 4.78 is 0. The lowest BCUT2D eigenvalue weighted by Gasteiger charge is -2.24. The van der Waals surface area contributed by atoms with Crippen LogP contribution >= 0.6 is 0 Å². The van der Waals surface area contributed by atoms with Crippen LogP contribution in [0.25, 0.3) is 0 Å². The minimum Gasteiger partial charge on any atom is -0.311 e. The predicted molar refractivity (Wildman–Crippen MR) is 91.9 cm³/mol. The van der Waals surface area contributed by atoms with E-state index in [4.69, 9.17) is 0 Å². The number of carbonyl (C=O) groups excluding carboxylic acids is 1. The van der Waals surface area contributed by atoms with Crippen molar-refractivity contribution in [3.05, 3.63) is 64.2 Å². The molecule has 0 aromatic heterocycles. The van der Waals surface area contributed by atoms with E-state index < -0.39 is 0 Å². The lowest BCUT2D eigenvalue weighted by molar-refractivity contribution is 0.0992. The molecule has 2 nitrogen and oxygen atoms in total. The number of rotatable bonds is 2. The second-order valence-electron chi connectivity index (χ2n) is 6.13. The highest BCUT2D eigenvalue weighted by atomic mass is 16.2. The van der Waals surface area contributed by atoms with Crippen LogP contribution in [0.3, 0.4) is 0 Å². The van der Waals surface area contributed by atoms with E-state index in [0.29, 0.717) is 0 Å². The van der Waals surface area contributed by atoms with Crippen molar-refractivity contribution >= 4 is 11.6 Å². The third kappa shape index (κ3) is 2.14. The lowest BCUT2D eigenvalue weighted by Crippen LogP contribution is -2.27. The normalized spacial score (nSPS) is 17.0. The number of hydrogen-bond acceptors (Lipinski definition) is 1. The first-order chi connectivity index (χ1) is 10.6. The summed E-state index contributed by atoms with van der Waals surface area (Å²) in [7, 11) is 1.91. The maximum atomic E-state index is 12.9. The molecule has 2 aromatic carbocycles. The zero-order valence-electron chi connectivity index (χ0n) is 13.8. The number of carbonyl (C=O) groups is 1. The van der Waals surface area contributed by atoms with Gasteiger partial charge >= 0.3 is 0 Å². The smallest absolute Gasteiger partial charge is 0.258 e. The van der Waals surface area contributed by atoms with Gasteiger partial charge in [0.1, 0.15) is 0 Å². The summed E-state index contributed by atoms with van der Waals surface area (Å²) in [5.41, 5.74) is 6.94. The molecule has 1 aliphatic heterocycles. The van der Waals surface area contributed by atoms with E-state index in [-0.39, 0.29) is 11.8 Å². The Hall–Kier alpha value is -2.09. The molecule has 3 rings (SSSR count). The number of hydrogen-bond donors (Lipinski definition) is 0. The Bertz CT molecular complexity index is 732. The van der Waals surface area contributed by atoms with E-state index in [1.165, 1.54) is 16.7 Å². The number of aryl methyl sites for hydroxylation is 2. The van der Waals surface area contributed by atoms with Crippen molar-refractivity contribution in [1.82, 2.24) is 0 Å². The summed E-state index contributed by atoms with van der Waals surface area (Å²) in [6.45, 7) is 6.51. The number of fused-ring (bicyclic) bond motifs is 2. The van der Waals surface area contributed by atoms with Gasteiger partial charge in [-0.05, 0) is 42.5 Å². The van der Waals surface area contributed by atoms with Crippen LogP contribution in [0.1, 0.15) is 58.8 Å². The van der Waals surface area contributed by atoms with Crippen molar-refractivity contribution in [2.45, 2.75) is 39.5 Å². The molecular weight excluding hydrogens is 270 g/mol. The van der Waals surface area contributed by atoms with E-state index >= 15 is 0 Å². The highest BCUT2D eigenvalue weighted by Gasteiger charge is 2.31. The zero-order valence-corrected chi connectivity index (χ0v) is 13.8. The number of amides is 1. The topological polar surface area (TPSA) is 20.3 Å². The van der Waals surface area contributed by atoms with Gasteiger partial charge in [0.05, 0.1) is 5.69 Å². The first-order valence-electron chi connectivity index (χ1n) is 8.08. The molecule has 0 aliphatic carbocycles. The third-order valence-corrected chi connectivity index (χ3v) is 4.73. The number of nitrogens with zero attached hydrogens (tertiary/aromatic N) is 1. The van der Waals surface area contributed by atoms with Gasteiger partial charge in [-0.25, -0.2) is 0 Å². The molecule has 0 N–H and O–H groups in total. The zero-order chi connectivity index (χ0) is 15.9. The van der Waals surface area contributed by atoms with Gasteiger partial charge in [0.2, 0.25) is 0 Å². The monoisotopic (exact) mass is 293 g/mol. The molecule has 0 saturated carbocycles. The second kappa shape index (κ2) is 5.60. The SMILES string of the molecule is CCc1cc(C)cc2c1N(C)C(=O)c1ccccc1C2CC. The van der Waals surface area contributed by atoms with Crippen molar-refractivity contribution < 1.29 is 4.79 Å². The van der Waals surface area contributed by atoms with Crippen LogP contribution in [0, 0.1) is 6.92 Å². The summed E-state index contributed by atoms with van der Waals surface area (Å²) in [6, 6.07) is 12.5. The Labute approximate surface area is 132 Å². The Morgan fingerprint density at radius 1 is 1.09 bits per heavy atom. The molecule has 1 amide bonds. The summed E-state index contributed by atoms with van der Waals surface area (Å²) in [4.78, 5) is 14.8. The molecule has 0 bridgehead atoms. The van der Waals surface area contributed by atoms with Crippen LogP contribution < -0.4 is 4.90 Å². The fourth-order valence-corrected chi connectivity index (χ4v) is 3.71. The van der Waals surface area contributed by atoms with Crippen molar-refractivity contribution in [1.29, 1.82) is 0 Å². The average Bonchev–Trinajstić information content (AvgIpc) is 2.62. The lowest BCUT2D eigenvalue weighted by atomic mass is 9.84. The minimum absolute atomic E-state index is 0.103. The van der Waals surface area contributed by atoms with E-state index in [2.05, 4.69) is 39.0 Å². The van der Waals surface area contributed by atoms with Gasteiger partial charge in [0.25, 0.3) is 5.91 Å². The summed E-state index contributed by atoms with van der Waals surface area (Å²) in [5, 5.41) is 0. The molecule has 114 valence electrons. The van der Waals surface area contributed by atoms with Crippen LogP contribution in [0.5, 0.6) is 0 Å². The van der Waals surface area contributed by atoms with E-state index in [0.717, 1.165) is 29.7 Å². The quantitative estimate of drug-likeness (QED) is 0.786. The van der Waals surface area contributed by atoms with Crippen molar-refractivity contribution in [2.24, 2.45) is 0 Å². The van der Waals surface area contributed by atoms with Crippen LogP contribution in [-0.4, -0.2) is 13.0 Å². The summed E-state index contributed by atoms with van der Waals surface area (Å²) in [6.07, 6.45) is 1.94. The van der Waals surface area contributed by atoms with Gasteiger partial charge in [-0.2, -0.15) is 0 Å².